The monoisotopic (exact) mass is 201 g/mol. The van der Waals surface area contributed by atoms with Crippen molar-refractivity contribution < 1.29 is 9.18 Å². The van der Waals surface area contributed by atoms with E-state index in [1.165, 1.54) is 0 Å². The number of halogens is 1. The molecule has 0 aromatic carbocycles. The van der Waals surface area contributed by atoms with Crippen molar-refractivity contribution >= 4 is 5.91 Å². The van der Waals surface area contributed by atoms with E-state index in [-0.39, 0.29) is 11.4 Å². The highest BCUT2D eigenvalue weighted by Crippen LogP contribution is 2.24. The topological polar surface area (TPSA) is 43.1 Å². The molecule has 1 rings (SSSR count). The van der Waals surface area contributed by atoms with Crippen molar-refractivity contribution in [1.29, 1.82) is 0 Å². The average molecular weight is 201 g/mol. The Balaban J connectivity index is 0.000000364. The van der Waals surface area contributed by atoms with E-state index >= 15 is 0 Å². The lowest BCUT2D eigenvalue weighted by molar-refractivity contribution is -0.114. The smallest absolute Gasteiger partial charge is 0.247 e. The Morgan fingerprint density at radius 1 is 1.29 bits per heavy atom. The number of amides is 1. The molecule has 14 heavy (non-hydrogen) atoms. The molecule has 1 amide bonds. The Kier molecular flexibility index (Phi) is 6.17. The van der Waals surface area contributed by atoms with Gasteiger partial charge in [-0.1, -0.05) is 20.8 Å². The van der Waals surface area contributed by atoms with Gasteiger partial charge >= 0.3 is 0 Å². The lowest BCUT2D eigenvalue weighted by atomic mass is 9.98. The second kappa shape index (κ2) is 6.57. The van der Waals surface area contributed by atoms with Gasteiger partial charge in [0.2, 0.25) is 5.91 Å². The van der Waals surface area contributed by atoms with Crippen molar-refractivity contribution in [3.8, 4) is 0 Å². The maximum Gasteiger partial charge on any atom is 0.247 e. The lowest BCUT2D eigenvalue weighted by Crippen LogP contribution is -2.17. The highest BCUT2D eigenvalue weighted by Gasteiger charge is 2.15. The number of rotatable bonds is 1. The zero-order valence-corrected chi connectivity index (χ0v) is 9.27. The van der Waals surface area contributed by atoms with Crippen LogP contribution in [0.5, 0.6) is 0 Å². The minimum atomic E-state index is -0.600. The normalized spacial score (nSPS) is 16.4. The van der Waals surface area contributed by atoms with Gasteiger partial charge in [-0.25, -0.2) is 4.39 Å². The third kappa shape index (κ3) is 5.73. The van der Waals surface area contributed by atoms with Crippen molar-refractivity contribution in [2.75, 3.05) is 0 Å². The molecule has 82 valence electrons. The Morgan fingerprint density at radius 3 is 2.00 bits per heavy atom. The molecule has 0 spiro atoms. The first-order chi connectivity index (χ1) is 6.45. The van der Waals surface area contributed by atoms with Crippen molar-refractivity contribution in [3.05, 3.63) is 11.4 Å². The summed E-state index contributed by atoms with van der Waals surface area (Å²) in [6, 6.07) is 0. The van der Waals surface area contributed by atoms with Crippen LogP contribution in [0.25, 0.3) is 0 Å². The van der Waals surface area contributed by atoms with Crippen molar-refractivity contribution in [2.24, 2.45) is 11.7 Å². The summed E-state index contributed by atoms with van der Waals surface area (Å²) in [6.45, 7) is 6.50. The second-order valence-electron chi connectivity index (χ2n) is 4.19. The lowest BCUT2D eigenvalue weighted by Gasteiger charge is -2.10. The maximum atomic E-state index is 12.7. The summed E-state index contributed by atoms with van der Waals surface area (Å²) < 4.78 is 12.7. The van der Waals surface area contributed by atoms with Crippen molar-refractivity contribution in [1.82, 2.24) is 0 Å². The van der Waals surface area contributed by atoms with Gasteiger partial charge in [0.1, 0.15) is 5.83 Å². The molecule has 0 atom stereocenters. The Labute approximate surface area is 85.4 Å². The zero-order chi connectivity index (χ0) is 11.1. The van der Waals surface area contributed by atoms with E-state index in [0.29, 0.717) is 12.8 Å². The summed E-state index contributed by atoms with van der Waals surface area (Å²) in [7, 11) is 0. The predicted molar refractivity (Wildman–Crippen MR) is 56.3 cm³/mol. The molecule has 0 unspecified atom stereocenters. The fourth-order valence-electron chi connectivity index (χ4n) is 1.13. The van der Waals surface area contributed by atoms with Crippen LogP contribution in [0.15, 0.2) is 11.4 Å². The van der Waals surface area contributed by atoms with Crippen LogP contribution in [0.2, 0.25) is 0 Å². The van der Waals surface area contributed by atoms with Gasteiger partial charge in [-0.2, -0.15) is 0 Å². The maximum absolute atomic E-state index is 12.7. The van der Waals surface area contributed by atoms with Crippen LogP contribution in [-0.4, -0.2) is 5.91 Å². The van der Waals surface area contributed by atoms with Gasteiger partial charge in [-0.3, -0.25) is 4.79 Å². The number of primary amides is 1. The van der Waals surface area contributed by atoms with Gasteiger partial charge in [-0.05, 0) is 31.6 Å². The van der Waals surface area contributed by atoms with Gasteiger partial charge in [0.25, 0.3) is 0 Å². The van der Waals surface area contributed by atoms with Crippen LogP contribution in [0.4, 0.5) is 4.39 Å². The largest absolute Gasteiger partial charge is 0.366 e. The molecule has 0 aromatic rings. The summed E-state index contributed by atoms with van der Waals surface area (Å²) in [5, 5.41) is 0. The third-order valence-corrected chi connectivity index (χ3v) is 1.70. The highest BCUT2D eigenvalue weighted by molar-refractivity contribution is 5.92. The number of nitrogens with two attached hydrogens (primary N) is 1. The summed E-state index contributed by atoms with van der Waals surface area (Å²) in [5.74, 6) is -0.0732. The molecule has 0 radical (unpaired) electrons. The van der Waals surface area contributed by atoms with Crippen LogP contribution in [0.3, 0.4) is 0 Å². The van der Waals surface area contributed by atoms with E-state index < -0.39 is 5.91 Å². The molecule has 3 heteroatoms. The Morgan fingerprint density at radius 2 is 1.71 bits per heavy atom. The molecule has 0 aromatic heterocycles. The molecule has 1 aliphatic carbocycles. The van der Waals surface area contributed by atoms with Gasteiger partial charge < -0.3 is 5.73 Å². The zero-order valence-electron chi connectivity index (χ0n) is 9.27. The summed E-state index contributed by atoms with van der Waals surface area (Å²) >= 11 is 0. The minimum absolute atomic E-state index is 0.200. The molecular weight excluding hydrogens is 181 g/mol. The van der Waals surface area contributed by atoms with Crippen LogP contribution in [-0.2, 0) is 4.79 Å². The molecular formula is C11H20FNO. The minimum Gasteiger partial charge on any atom is -0.366 e. The Bertz CT molecular complexity index is 219. The fourth-order valence-corrected chi connectivity index (χ4v) is 1.13. The molecule has 0 aliphatic heterocycles. The summed E-state index contributed by atoms with van der Waals surface area (Å²) in [5.41, 5.74) is 5.12. The average Bonchev–Trinajstić information content (AvgIpc) is 2.03. The van der Waals surface area contributed by atoms with Crippen LogP contribution >= 0.6 is 0 Å². The quantitative estimate of drug-likeness (QED) is 0.696. The summed E-state index contributed by atoms with van der Waals surface area (Å²) in [4.78, 5) is 10.5. The van der Waals surface area contributed by atoms with Crippen LogP contribution in [0, 0.1) is 5.92 Å². The predicted octanol–water partition coefficient (Wildman–Crippen LogP) is 2.93. The van der Waals surface area contributed by atoms with Gasteiger partial charge in [0, 0.05) is 5.57 Å². The first kappa shape index (κ1) is 13.1. The van der Waals surface area contributed by atoms with E-state index in [0.717, 1.165) is 18.8 Å². The number of carbonyl (C=O) groups excluding carboxylic acids is 1. The van der Waals surface area contributed by atoms with Crippen LogP contribution in [0.1, 0.15) is 46.5 Å². The first-order valence-electron chi connectivity index (χ1n) is 5.12. The number of hydrogen-bond acceptors (Lipinski definition) is 1. The first-order valence-corrected chi connectivity index (χ1v) is 5.12. The molecule has 0 fully saturated rings. The van der Waals surface area contributed by atoms with E-state index in [2.05, 4.69) is 20.8 Å². The molecule has 0 bridgehead atoms. The number of allylic oxidation sites excluding steroid dienone is 1. The second-order valence-corrected chi connectivity index (χ2v) is 4.19. The molecule has 2 nitrogen and oxygen atoms in total. The van der Waals surface area contributed by atoms with E-state index in [1.807, 2.05) is 0 Å². The molecule has 0 saturated heterocycles. The van der Waals surface area contributed by atoms with Gasteiger partial charge in [-0.15, -0.1) is 0 Å². The summed E-state index contributed by atoms with van der Waals surface area (Å²) in [6.07, 6.45) is 2.62. The highest BCUT2D eigenvalue weighted by atomic mass is 19.1. The van der Waals surface area contributed by atoms with E-state index in [4.69, 9.17) is 5.73 Å². The standard InChI is InChI=1S/C7H10FNO.C4H10/c8-6-4-2-1-3-5(6)7(9)10;1-4(2)3/h1-4H2,(H2,9,10);4H,1-3H3. The number of carbonyl (C=O) groups is 1. The molecule has 2 N–H and O–H groups in total. The van der Waals surface area contributed by atoms with E-state index in [9.17, 15) is 9.18 Å². The van der Waals surface area contributed by atoms with Gasteiger partial charge in [0.15, 0.2) is 0 Å². The third-order valence-electron chi connectivity index (χ3n) is 1.70. The van der Waals surface area contributed by atoms with Crippen LogP contribution < -0.4 is 5.73 Å². The molecule has 0 saturated carbocycles. The molecule has 1 aliphatic rings. The van der Waals surface area contributed by atoms with Gasteiger partial charge in [0.05, 0.1) is 0 Å². The fraction of sp³-hybridized carbons (Fsp3) is 0.727. The van der Waals surface area contributed by atoms with Crippen molar-refractivity contribution in [3.63, 3.8) is 0 Å². The SMILES string of the molecule is CC(C)C.NC(=O)C1=C(F)CCCC1. The van der Waals surface area contributed by atoms with Crippen molar-refractivity contribution in [2.45, 2.75) is 46.5 Å². The van der Waals surface area contributed by atoms with E-state index in [1.54, 1.807) is 0 Å². The number of hydrogen-bond donors (Lipinski definition) is 1. The Hall–Kier alpha value is -0.860. The molecule has 0 heterocycles.